The van der Waals surface area contributed by atoms with Crippen LogP contribution in [0.15, 0.2) is 30.5 Å². The van der Waals surface area contributed by atoms with E-state index < -0.39 is 17.5 Å². The molecule has 0 spiro atoms. The van der Waals surface area contributed by atoms with Crippen LogP contribution in [0.1, 0.15) is 10.4 Å². The Morgan fingerprint density at radius 3 is 2.48 bits per heavy atom. The number of benzene rings is 1. The molecule has 1 aromatic carbocycles. The summed E-state index contributed by atoms with van der Waals surface area (Å²) in [4.78, 5) is 18.0. The van der Waals surface area contributed by atoms with Crippen molar-refractivity contribution in [2.45, 2.75) is 0 Å². The Morgan fingerprint density at radius 2 is 1.84 bits per heavy atom. The third-order valence-corrected chi connectivity index (χ3v) is 4.20. The summed E-state index contributed by atoms with van der Waals surface area (Å²) in [6.45, 7) is 2.01. The minimum absolute atomic E-state index is 0.107. The molecule has 25 heavy (non-hydrogen) atoms. The highest BCUT2D eigenvalue weighted by Crippen LogP contribution is 2.20. The van der Waals surface area contributed by atoms with E-state index in [4.69, 9.17) is 0 Å². The van der Waals surface area contributed by atoms with Gasteiger partial charge in [-0.1, -0.05) is 0 Å². The van der Waals surface area contributed by atoms with Gasteiger partial charge in [0.15, 0.2) is 5.82 Å². The van der Waals surface area contributed by atoms with Gasteiger partial charge in [0.25, 0.3) is 5.91 Å². The molecule has 2 heterocycles. The van der Waals surface area contributed by atoms with Crippen LogP contribution in [-0.4, -0.2) is 61.3 Å². The number of carbonyl (C=O) groups excluding carboxylic acids is 1. The molecule has 0 N–H and O–H groups in total. The number of rotatable bonds is 3. The van der Waals surface area contributed by atoms with Crippen molar-refractivity contribution in [3.63, 3.8) is 0 Å². The summed E-state index contributed by atoms with van der Waals surface area (Å²) in [6.07, 6.45) is 1.68. The minimum atomic E-state index is -0.836. The summed E-state index contributed by atoms with van der Waals surface area (Å²) < 4.78 is 26.8. The van der Waals surface area contributed by atoms with E-state index in [9.17, 15) is 13.6 Å². The van der Waals surface area contributed by atoms with E-state index in [1.54, 1.807) is 11.1 Å². The Bertz CT molecular complexity index is 775. The van der Waals surface area contributed by atoms with Gasteiger partial charge >= 0.3 is 0 Å². The van der Waals surface area contributed by atoms with Crippen molar-refractivity contribution in [2.24, 2.45) is 0 Å². The van der Waals surface area contributed by atoms with Gasteiger partial charge in [0, 0.05) is 52.4 Å². The topological polar surface area (TPSA) is 52.6 Å². The van der Waals surface area contributed by atoms with Crippen LogP contribution in [0.4, 0.5) is 20.3 Å². The number of anilines is 2. The summed E-state index contributed by atoms with van der Waals surface area (Å²) in [6, 6.07) is 4.94. The smallest absolute Gasteiger partial charge is 0.256 e. The van der Waals surface area contributed by atoms with Gasteiger partial charge in [-0.15, -0.1) is 5.10 Å². The molecule has 1 aromatic heterocycles. The SMILES string of the molecule is CN(C)c1cnnc(N2CCN(C(=O)c3ccc(F)cc3F)CC2)c1. The van der Waals surface area contributed by atoms with Crippen molar-refractivity contribution in [2.75, 3.05) is 50.1 Å². The van der Waals surface area contributed by atoms with Crippen LogP contribution >= 0.6 is 0 Å². The molecule has 0 aliphatic carbocycles. The fourth-order valence-electron chi connectivity index (χ4n) is 2.72. The van der Waals surface area contributed by atoms with Gasteiger partial charge in [-0.25, -0.2) is 8.78 Å². The lowest BCUT2D eigenvalue weighted by molar-refractivity contribution is 0.0741. The van der Waals surface area contributed by atoms with E-state index in [1.807, 2.05) is 30.0 Å². The fraction of sp³-hybridized carbons (Fsp3) is 0.353. The van der Waals surface area contributed by atoms with E-state index in [0.717, 1.165) is 23.6 Å². The maximum atomic E-state index is 13.8. The molecule has 2 aromatic rings. The van der Waals surface area contributed by atoms with E-state index >= 15 is 0 Å². The number of hydrogen-bond acceptors (Lipinski definition) is 5. The molecule has 3 rings (SSSR count). The van der Waals surface area contributed by atoms with E-state index in [2.05, 4.69) is 10.2 Å². The average molecular weight is 347 g/mol. The third-order valence-electron chi connectivity index (χ3n) is 4.20. The van der Waals surface area contributed by atoms with Crippen LogP contribution < -0.4 is 9.80 Å². The highest BCUT2D eigenvalue weighted by atomic mass is 19.1. The number of aromatic nitrogens is 2. The Morgan fingerprint density at radius 1 is 1.12 bits per heavy atom. The Hall–Kier alpha value is -2.77. The largest absolute Gasteiger partial charge is 0.376 e. The Kier molecular flexibility index (Phi) is 4.78. The van der Waals surface area contributed by atoms with Crippen molar-refractivity contribution in [1.29, 1.82) is 0 Å². The molecule has 1 amide bonds. The molecule has 8 heteroatoms. The Balaban J connectivity index is 1.67. The van der Waals surface area contributed by atoms with Gasteiger partial charge in [0.2, 0.25) is 0 Å². The molecular weight excluding hydrogens is 328 g/mol. The summed E-state index contributed by atoms with van der Waals surface area (Å²) >= 11 is 0. The van der Waals surface area contributed by atoms with E-state index in [1.165, 1.54) is 6.07 Å². The second-order valence-corrected chi connectivity index (χ2v) is 6.07. The quantitative estimate of drug-likeness (QED) is 0.847. The van der Waals surface area contributed by atoms with Gasteiger partial charge in [0.05, 0.1) is 17.4 Å². The lowest BCUT2D eigenvalue weighted by Crippen LogP contribution is -2.49. The second kappa shape index (κ2) is 7.00. The summed E-state index contributed by atoms with van der Waals surface area (Å²) in [5.74, 6) is -1.22. The number of halogens is 2. The first-order chi connectivity index (χ1) is 12.0. The zero-order valence-corrected chi connectivity index (χ0v) is 14.1. The molecule has 1 aliphatic rings. The third kappa shape index (κ3) is 3.67. The Labute approximate surface area is 144 Å². The molecule has 0 saturated carbocycles. The lowest BCUT2D eigenvalue weighted by atomic mass is 10.1. The maximum absolute atomic E-state index is 13.8. The minimum Gasteiger partial charge on any atom is -0.376 e. The van der Waals surface area contributed by atoms with Crippen molar-refractivity contribution >= 4 is 17.4 Å². The molecule has 0 radical (unpaired) electrons. The van der Waals surface area contributed by atoms with E-state index in [0.29, 0.717) is 26.2 Å². The first-order valence-corrected chi connectivity index (χ1v) is 7.95. The van der Waals surface area contributed by atoms with Crippen LogP contribution in [-0.2, 0) is 0 Å². The van der Waals surface area contributed by atoms with Crippen molar-refractivity contribution in [3.8, 4) is 0 Å². The van der Waals surface area contributed by atoms with Gasteiger partial charge in [-0.2, -0.15) is 5.10 Å². The summed E-state index contributed by atoms with van der Waals surface area (Å²) in [5.41, 5.74) is 0.834. The molecule has 132 valence electrons. The van der Waals surface area contributed by atoms with E-state index in [-0.39, 0.29) is 5.56 Å². The van der Waals surface area contributed by atoms with Crippen molar-refractivity contribution in [1.82, 2.24) is 15.1 Å². The normalized spacial score (nSPS) is 14.6. The van der Waals surface area contributed by atoms with Crippen LogP contribution in [0.5, 0.6) is 0 Å². The number of carbonyl (C=O) groups is 1. The zero-order chi connectivity index (χ0) is 18.0. The molecule has 6 nitrogen and oxygen atoms in total. The lowest BCUT2D eigenvalue weighted by Gasteiger charge is -2.35. The second-order valence-electron chi connectivity index (χ2n) is 6.07. The van der Waals surface area contributed by atoms with Crippen LogP contribution in [0, 0.1) is 11.6 Å². The molecular formula is C17H19F2N5O. The predicted octanol–water partition coefficient (Wildman–Crippen LogP) is 1.78. The van der Waals surface area contributed by atoms with Gasteiger partial charge in [0.1, 0.15) is 11.6 Å². The molecule has 0 unspecified atom stereocenters. The monoisotopic (exact) mass is 347 g/mol. The van der Waals surface area contributed by atoms with Crippen molar-refractivity contribution < 1.29 is 13.6 Å². The fourth-order valence-corrected chi connectivity index (χ4v) is 2.72. The average Bonchev–Trinajstić information content (AvgIpc) is 2.61. The molecule has 0 bridgehead atoms. The standard InChI is InChI=1S/C17H19F2N5O/c1-22(2)13-10-16(21-20-11-13)23-5-7-24(8-6-23)17(25)14-4-3-12(18)9-15(14)19/h3-4,9-11H,5-8H2,1-2H3. The van der Waals surface area contributed by atoms with Crippen LogP contribution in [0.3, 0.4) is 0 Å². The zero-order valence-electron chi connectivity index (χ0n) is 14.1. The van der Waals surface area contributed by atoms with Crippen molar-refractivity contribution in [3.05, 3.63) is 47.7 Å². The number of piperazine rings is 1. The maximum Gasteiger partial charge on any atom is 0.256 e. The van der Waals surface area contributed by atoms with Gasteiger partial charge in [-0.05, 0) is 12.1 Å². The highest BCUT2D eigenvalue weighted by Gasteiger charge is 2.25. The number of hydrogen-bond donors (Lipinski definition) is 0. The molecule has 0 atom stereocenters. The summed E-state index contributed by atoms with van der Waals surface area (Å²) in [5, 5.41) is 8.15. The molecule has 1 aliphatic heterocycles. The molecule has 1 fully saturated rings. The van der Waals surface area contributed by atoms with Crippen LogP contribution in [0.25, 0.3) is 0 Å². The van der Waals surface area contributed by atoms with Gasteiger partial charge in [-0.3, -0.25) is 4.79 Å². The number of nitrogens with zero attached hydrogens (tertiary/aromatic N) is 5. The molecule has 1 saturated heterocycles. The van der Waals surface area contributed by atoms with Gasteiger partial charge < -0.3 is 14.7 Å². The predicted molar refractivity (Wildman–Crippen MR) is 90.8 cm³/mol. The number of amides is 1. The first-order valence-electron chi connectivity index (χ1n) is 7.95. The van der Waals surface area contributed by atoms with Crippen LogP contribution in [0.2, 0.25) is 0 Å². The first kappa shape index (κ1) is 17.1. The highest BCUT2D eigenvalue weighted by molar-refractivity contribution is 5.94. The summed E-state index contributed by atoms with van der Waals surface area (Å²) in [7, 11) is 3.85.